The molecule has 6 nitrogen and oxygen atoms in total. The van der Waals surface area contributed by atoms with E-state index in [4.69, 9.17) is 4.74 Å². The SMILES string of the molecule is COCCNc1nnc(S[C@H](C)C(=O)Nc2ccc(F)c(F)c2)s1. The summed E-state index contributed by atoms with van der Waals surface area (Å²) in [6, 6.07) is 3.20. The van der Waals surface area contributed by atoms with Gasteiger partial charge in [0.15, 0.2) is 16.0 Å². The third kappa shape index (κ3) is 5.39. The van der Waals surface area contributed by atoms with Crippen LogP contribution in [0.1, 0.15) is 6.92 Å². The molecular formula is C14H16F2N4O2S2. The van der Waals surface area contributed by atoms with Gasteiger partial charge in [-0.3, -0.25) is 4.79 Å². The van der Waals surface area contributed by atoms with Gasteiger partial charge in [0, 0.05) is 25.4 Å². The van der Waals surface area contributed by atoms with E-state index in [9.17, 15) is 13.6 Å². The first-order chi connectivity index (χ1) is 11.5. The zero-order chi connectivity index (χ0) is 17.5. The van der Waals surface area contributed by atoms with Gasteiger partial charge in [0.1, 0.15) is 0 Å². The number of thioether (sulfide) groups is 1. The summed E-state index contributed by atoms with van der Waals surface area (Å²) in [6.45, 7) is 2.86. The molecule has 10 heteroatoms. The molecule has 0 aliphatic heterocycles. The molecule has 0 aliphatic carbocycles. The number of carbonyl (C=O) groups excluding carboxylic acids is 1. The topological polar surface area (TPSA) is 76.1 Å². The Balaban J connectivity index is 1.88. The molecule has 0 bridgehead atoms. The van der Waals surface area contributed by atoms with E-state index in [-0.39, 0.29) is 11.6 Å². The standard InChI is InChI=1S/C14H16F2N4O2S2/c1-8(12(21)18-9-3-4-10(15)11(16)7-9)23-14-20-19-13(24-14)17-5-6-22-2/h3-4,7-8H,5-6H2,1-2H3,(H,17,19)(H,18,21)/t8-/m1/s1. The lowest BCUT2D eigenvalue weighted by Crippen LogP contribution is -2.22. The molecular weight excluding hydrogens is 358 g/mol. The van der Waals surface area contributed by atoms with E-state index in [0.717, 1.165) is 12.1 Å². The van der Waals surface area contributed by atoms with Crippen LogP contribution in [-0.2, 0) is 9.53 Å². The van der Waals surface area contributed by atoms with Crippen LogP contribution in [0.3, 0.4) is 0 Å². The maximum Gasteiger partial charge on any atom is 0.237 e. The van der Waals surface area contributed by atoms with Gasteiger partial charge in [0.2, 0.25) is 11.0 Å². The van der Waals surface area contributed by atoms with Crippen molar-refractivity contribution in [1.29, 1.82) is 0 Å². The molecule has 130 valence electrons. The van der Waals surface area contributed by atoms with E-state index in [1.54, 1.807) is 14.0 Å². The van der Waals surface area contributed by atoms with E-state index in [1.807, 2.05) is 0 Å². The van der Waals surface area contributed by atoms with Crippen LogP contribution in [-0.4, -0.2) is 41.6 Å². The second-order valence-electron chi connectivity index (χ2n) is 4.67. The van der Waals surface area contributed by atoms with Gasteiger partial charge in [-0.1, -0.05) is 23.1 Å². The monoisotopic (exact) mass is 374 g/mol. The molecule has 1 aromatic carbocycles. The van der Waals surface area contributed by atoms with Gasteiger partial charge in [-0.15, -0.1) is 10.2 Å². The van der Waals surface area contributed by atoms with Gasteiger partial charge in [-0.2, -0.15) is 0 Å². The highest BCUT2D eigenvalue weighted by Gasteiger charge is 2.18. The van der Waals surface area contributed by atoms with Crippen molar-refractivity contribution in [3.05, 3.63) is 29.8 Å². The van der Waals surface area contributed by atoms with Crippen molar-refractivity contribution in [3.63, 3.8) is 0 Å². The lowest BCUT2D eigenvalue weighted by molar-refractivity contribution is -0.115. The van der Waals surface area contributed by atoms with E-state index >= 15 is 0 Å². The first-order valence-electron chi connectivity index (χ1n) is 6.98. The molecule has 1 atom stereocenters. The molecule has 0 saturated heterocycles. The number of ether oxygens (including phenoxy) is 1. The summed E-state index contributed by atoms with van der Waals surface area (Å²) in [7, 11) is 1.61. The Morgan fingerprint density at radius 3 is 2.88 bits per heavy atom. The number of hydrogen-bond acceptors (Lipinski definition) is 7. The van der Waals surface area contributed by atoms with Crippen LogP contribution < -0.4 is 10.6 Å². The van der Waals surface area contributed by atoms with Crippen LogP contribution >= 0.6 is 23.1 Å². The van der Waals surface area contributed by atoms with Crippen LogP contribution in [0.15, 0.2) is 22.5 Å². The second kappa shape index (κ2) is 8.90. The molecule has 2 aromatic rings. The Morgan fingerprint density at radius 2 is 2.17 bits per heavy atom. The number of benzene rings is 1. The summed E-state index contributed by atoms with van der Waals surface area (Å²) in [5.41, 5.74) is 0.200. The number of carbonyl (C=O) groups is 1. The van der Waals surface area contributed by atoms with Crippen molar-refractivity contribution in [2.24, 2.45) is 0 Å². The Bertz CT molecular complexity index is 699. The molecule has 1 amide bonds. The van der Waals surface area contributed by atoms with E-state index < -0.39 is 16.9 Å². The van der Waals surface area contributed by atoms with Crippen LogP contribution in [0.5, 0.6) is 0 Å². The van der Waals surface area contributed by atoms with Gasteiger partial charge < -0.3 is 15.4 Å². The van der Waals surface area contributed by atoms with Crippen LogP contribution in [0.2, 0.25) is 0 Å². The Morgan fingerprint density at radius 1 is 1.38 bits per heavy atom. The molecule has 0 radical (unpaired) electrons. The minimum atomic E-state index is -1.01. The minimum absolute atomic E-state index is 0.200. The molecule has 0 aliphatic rings. The van der Waals surface area contributed by atoms with Gasteiger partial charge in [0.05, 0.1) is 11.9 Å². The molecule has 0 saturated carbocycles. The number of nitrogens with zero attached hydrogens (tertiary/aromatic N) is 2. The van der Waals surface area contributed by atoms with Crippen LogP contribution in [0.4, 0.5) is 19.6 Å². The van der Waals surface area contributed by atoms with Crippen molar-refractivity contribution in [3.8, 4) is 0 Å². The number of halogens is 2. The number of nitrogens with one attached hydrogen (secondary N) is 2. The van der Waals surface area contributed by atoms with Gasteiger partial charge in [0.25, 0.3) is 0 Å². The third-order valence-corrected chi connectivity index (χ3v) is 4.89. The number of rotatable bonds is 8. The van der Waals surface area contributed by atoms with Crippen molar-refractivity contribution < 1.29 is 18.3 Å². The first-order valence-corrected chi connectivity index (χ1v) is 8.68. The zero-order valence-corrected chi connectivity index (χ0v) is 14.6. The van der Waals surface area contributed by atoms with Crippen LogP contribution in [0, 0.1) is 11.6 Å². The van der Waals surface area contributed by atoms with E-state index in [2.05, 4.69) is 20.8 Å². The van der Waals surface area contributed by atoms with Crippen molar-refractivity contribution in [2.45, 2.75) is 16.5 Å². The van der Waals surface area contributed by atoms with Gasteiger partial charge in [-0.25, -0.2) is 8.78 Å². The van der Waals surface area contributed by atoms with E-state index in [1.165, 1.54) is 29.2 Å². The number of anilines is 2. The Kier molecular flexibility index (Phi) is 6.88. The van der Waals surface area contributed by atoms with Crippen molar-refractivity contribution >= 4 is 39.8 Å². The highest BCUT2D eigenvalue weighted by Crippen LogP contribution is 2.29. The average molecular weight is 374 g/mol. The molecule has 0 spiro atoms. The molecule has 0 unspecified atom stereocenters. The number of methoxy groups -OCH3 is 1. The molecule has 2 N–H and O–H groups in total. The smallest absolute Gasteiger partial charge is 0.237 e. The highest BCUT2D eigenvalue weighted by molar-refractivity contribution is 8.02. The molecule has 0 fully saturated rings. The number of hydrogen-bond donors (Lipinski definition) is 2. The van der Waals surface area contributed by atoms with Gasteiger partial charge in [-0.05, 0) is 19.1 Å². The fourth-order valence-electron chi connectivity index (χ4n) is 1.61. The number of amides is 1. The maximum absolute atomic E-state index is 13.1. The largest absolute Gasteiger partial charge is 0.383 e. The Labute approximate surface area is 146 Å². The van der Waals surface area contributed by atoms with Crippen molar-refractivity contribution in [2.75, 3.05) is 30.9 Å². The molecule has 1 aromatic heterocycles. The second-order valence-corrected chi connectivity index (χ2v) is 7.24. The predicted octanol–water partition coefficient (Wildman–Crippen LogP) is 2.99. The lowest BCUT2D eigenvalue weighted by Gasteiger charge is -2.10. The minimum Gasteiger partial charge on any atom is -0.383 e. The summed E-state index contributed by atoms with van der Waals surface area (Å²) < 4.78 is 31.6. The highest BCUT2D eigenvalue weighted by atomic mass is 32.2. The summed E-state index contributed by atoms with van der Waals surface area (Å²) in [5.74, 6) is -2.31. The quantitative estimate of drug-likeness (QED) is 0.546. The summed E-state index contributed by atoms with van der Waals surface area (Å²) in [4.78, 5) is 12.1. The third-order valence-electron chi connectivity index (χ3n) is 2.82. The normalized spacial score (nSPS) is 12.0. The molecule has 2 rings (SSSR count). The first kappa shape index (κ1) is 18.6. The van der Waals surface area contributed by atoms with E-state index in [0.29, 0.717) is 22.6 Å². The molecule has 1 heterocycles. The number of aromatic nitrogens is 2. The summed E-state index contributed by atoms with van der Waals surface area (Å²) in [6.07, 6.45) is 0. The fourth-order valence-corrected chi connectivity index (χ4v) is 3.53. The predicted molar refractivity (Wildman–Crippen MR) is 90.6 cm³/mol. The lowest BCUT2D eigenvalue weighted by atomic mass is 10.3. The average Bonchev–Trinajstić information content (AvgIpc) is 2.98. The zero-order valence-electron chi connectivity index (χ0n) is 13.0. The Hall–Kier alpha value is -1.78. The maximum atomic E-state index is 13.1. The summed E-state index contributed by atoms with van der Waals surface area (Å²) >= 11 is 2.56. The molecule has 24 heavy (non-hydrogen) atoms. The van der Waals surface area contributed by atoms with Gasteiger partial charge >= 0.3 is 0 Å². The fraction of sp³-hybridized carbons (Fsp3) is 0.357. The van der Waals surface area contributed by atoms with Crippen LogP contribution in [0.25, 0.3) is 0 Å². The van der Waals surface area contributed by atoms with Crippen molar-refractivity contribution in [1.82, 2.24) is 10.2 Å². The summed E-state index contributed by atoms with van der Waals surface area (Å²) in [5, 5.41) is 13.7.